The van der Waals surface area contributed by atoms with Crippen LogP contribution in [0.1, 0.15) is 61.3 Å². The summed E-state index contributed by atoms with van der Waals surface area (Å²) in [5, 5.41) is 1.15. The molecule has 1 saturated heterocycles. The molecule has 0 aromatic carbocycles. The molecule has 22 heavy (non-hydrogen) atoms. The van der Waals surface area contributed by atoms with Crippen LogP contribution >= 0.6 is 0 Å². The zero-order valence-electron chi connectivity index (χ0n) is 15.7. The number of amides is 2. The van der Waals surface area contributed by atoms with Crippen molar-refractivity contribution in [1.29, 1.82) is 0 Å². The van der Waals surface area contributed by atoms with Crippen LogP contribution in [0.2, 0.25) is 0 Å². The fourth-order valence-corrected chi connectivity index (χ4v) is 1.86. The van der Waals surface area contributed by atoms with Gasteiger partial charge in [-0.05, 0) is 33.6 Å². The molecule has 0 N–H and O–H groups in total. The summed E-state index contributed by atoms with van der Waals surface area (Å²) in [5.74, 6) is -0.221. The highest BCUT2D eigenvalue weighted by molar-refractivity contribution is 5.85. The highest BCUT2D eigenvalue weighted by Gasteiger charge is 2.38. The van der Waals surface area contributed by atoms with Crippen molar-refractivity contribution >= 4 is 12.0 Å². The first-order chi connectivity index (χ1) is 10.3. The van der Waals surface area contributed by atoms with Gasteiger partial charge in [-0.2, -0.15) is 0 Å². The van der Waals surface area contributed by atoms with Gasteiger partial charge in [0, 0.05) is 13.6 Å². The molecule has 2 amide bonds. The largest absolute Gasteiger partial charge is 0.444 e. The molecule has 0 aliphatic carbocycles. The van der Waals surface area contributed by atoms with Gasteiger partial charge in [0.2, 0.25) is 0 Å². The summed E-state index contributed by atoms with van der Waals surface area (Å²) in [6, 6.07) is -0.482. The second-order valence-electron chi connectivity index (χ2n) is 5.35. The Balaban J connectivity index is 0. The number of carbonyl (C=O) groups excluding carboxylic acids is 2. The summed E-state index contributed by atoms with van der Waals surface area (Å²) in [6.07, 6.45) is 1.00. The van der Waals surface area contributed by atoms with Crippen LogP contribution in [0.4, 0.5) is 4.79 Å². The van der Waals surface area contributed by atoms with E-state index in [4.69, 9.17) is 9.57 Å². The number of ether oxygens (including phenoxy) is 1. The van der Waals surface area contributed by atoms with Crippen molar-refractivity contribution in [1.82, 2.24) is 9.96 Å². The number of rotatable bonds is 2. The van der Waals surface area contributed by atoms with Gasteiger partial charge in [0.1, 0.15) is 11.6 Å². The fraction of sp³-hybridized carbons (Fsp3) is 0.875. The van der Waals surface area contributed by atoms with Crippen molar-refractivity contribution in [3.8, 4) is 0 Å². The normalized spacial score (nSPS) is 16.8. The van der Waals surface area contributed by atoms with E-state index in [9.17, 15) is 9.59 Å². The van der Waals surface area contributed by atoms with E-state index in [1.54, 1.807) is 20.8 Å². The van der Waals surface area contributed by atoms with Gasteiger partial charge < -0.3 is 4.74 Å². The molecule has 0 radical (unpaired) electrons. The monoisotopic (exact) mass is 318 g/mol. The molecule has 0 bridgehead atoms. The minimum absolute atomic E-state index is 0.221. The smallest absolute Gasteiger partial charge is 0.410 e. The fourth-order valence-electron chi connectivity index (χ4n) is 1.86. The van der Waals surface area contributed by atoms with Crippen LogP contribution in [0.15, 0.2) is 0 Å². The lowest BCUT2D eigenvalue weighted by Crippen LogP contribution is -2.47. The third-order valence-electron chi connectivity index (χ3n) is 2.75. The van der Waals surface area contributed by atoms with E-state index in [1.807, 2.05) is 27.7 Å². The van der Waals surface area contributed by atoms with Crippen LogP contribution in [0.3, 0.4) is 0 Å². The third kappa shape index (κ3) is 7.64. The Morgan fingerprint density at radius 1 is 1.14 bits per heavy atom. The molecule has 0 aromatic rings. The molecule has 132 valence electrons. The number of hydrogen-bond donors (Lipinski definition) is 0. The molecule has 1 rings (SSSR count). The average molecular weight is 318 g/mol. The van der Waals surface area contributed by atoms with E-state index in [0.29, 0.717) is 13.0 Å². The molecule has 6 heteroatoms. The SMILES string of the molecule is CC.CC.CON(C)C(=O)C1CCCN1C(=O)OC(C)(C)C. The lowest BCUT2D eigenvalue weighted by atomic mass is 10.2. The molecule has 1 fully saturated rings. The second-order valence-corrected chi connectivity index (χ2v) is 5.35. The Kier molecular flexibility index (Phi) is 11.8. The first kappa shape index (κ1) is 23.0. The van der Waals surface area contributed by atoms with Crippen LogP contribution in [0.5, 0.6) is 0 Å². The second kappa shape index (κ2) is 11.3. The van der Waals surface area contributed by atoms with Crippen LogP contribution in [-0.2, 0) is 14.4 Å². The summed E-state index contributed by atoms with van der Waals surface area (Å²) in [4.78, 5) is 30.3. The van der Waals surface area contributed by atoms with E-state index in [2.05, 4.69) is 0 Å². The zero-order valence-corrected chi connectivity index (χ0v) is 15.7. The lowest BCUT2D eigenvalue weighted by Gasteiger charge is -2.29. The Hall–Kier alpha value is -1.30. The summed E-state index contributed by atoms with van der Waals surface area (Å²) in [5.41, 5.74) is -0.555. The van der Waals surface area contributed by atoms with Gasteiger partial charge in [-0.25, -0.2) is 9.86 Å². The van der Waals surface area contributed by atoms with Crippen LogP contribution in [-0.4, -0.2) is 54.3 Å². The number of carbonyl (C=O) groups is 2. The lowest BCUT2D eigenvalue weighted by molar-refractivity contribution is -0.173. The maximum Gasteiger partial charge on any atom is 0.410 e. The van der Waals surface area contributed by atoms with Crippen molar-refractivity contribution in [3.63, 3.8) is 0 Å². The maximum absolute atomic E-state index is 12.0. The Labute approximate surface area is 135 Å². The topological polar surface area (TPSA) is 59.1 Å². The quantitative estimate of drug-likeness (QED) is 0.732. The van der Waals surface area contributed by atoms with Crippen LogP contribution in [0.25, 0.3) is 0 Å². The summed E-state index contributed by atoms with van der Waals surface area (Å²) in [6.45, 7) is 14.0. The predicted octanol–water partition coefficient (Wildman–Crippen LogP) is 3.46. The van der Waals surface area contributed by atoms with Gasteiger partial charge in [-0.3, -0.25) is 14.5 Å². The molecule has 1 atom stereocenters. The minimum Gasteiger partial charge on any atom is -0.444 e. The molecule has 0 saturated carbocycles. The molecule has 6 nitrogen and oxygen atoms in total. The predicted molar refractivity (Wildman–Crippen MR) is 88.4 cm³/mol. The number of likely N-dealkylation sites (tertiary alicyclic amines) is 1. The van der Waals surface area contributed by atoms with E-state index in [0.717, 1.165) is 11.5 Å². The van der Waals surface area contributed by atoms with Gasteiger partial charge in [0.25, 0.3) is 5.91 Å². The van der Waals surface area contributed by atoms with Crippen molar-refractivity contribution in [3.05, 3.63) is 0 Å². The minimum atomic E-state index is -0.555. The third-order valence-corrected chi connectivity index (χ3v) is 2.75. The highest BCUT2D eigenvalue weighted by atomic mass is 16.7. The molecule has 0 spiro atoms. The van der Waals surface area contributed by atoms with Crippen molar-refractivity contribution in [2.75, 3.05) is 20.7 Å². The Bertz CT molecular complexity index is 327. The molecular formula is C16H34N2O4. The van der Waals surface area contributed by atoms with E-state index in [1.165, 1.54) is 19.1 Å². The van der Waals surface area contributed by atoms with E-state index >= 15 is 0 Å². The molecule has 0 aromatic heterocycles. The Morgan fingerprint density at radius 3 is 2.05 bits per heavy atom. The van der Waals surface area contributed by atoms with Crippen molar-refractivity contribution < 1.29 is 19.2 Å². The first-order valence-electron chi connectivity index (χ1n) is 8.07. The molecule has 1 aliphatic rings. The molecule has 1 heterocycles. The van der Waals surface area contributed by atoms with Gasteiger partial charge in [-0.1, -0.05) is 27.7 Å². The number of likely N-dealkylation sites (N-methyl/N-ethyl adjacent to an activating group) is 1. The number of nitrogens with zero attached hydrogens (tertiary/aromatic N) is 2. The van der Waals surface area contributed by atoms with Gasteiger partial charge in [0.15, 0.2) is 0 Å². The van der Waals surface area contributed by atoms with Crippen molar-refractivity contribution in [2.45, 2.75) is 73.0 Å². The maximum atomic E-state index is 12.0. The molecule has 1 unspecified atom stereocenters. The number of hydrogen-bond acceptors (Lipinski definition) is 4. The molecular weight excluding hydrogens is 284 g/mol. The first-order valence-corrected chi connectivity index (χ1v) is 8.07. The average Bonchev–Trinajstić information content (AvgIpc) is 2.97. The van der Waals surface area contributed by atoms with E-state index < -0.39 is 17.7 Å². The number of hydroxylamine groups is 2. The van der Waals surface area contributed by atoms with Crippen LogP contribution < -0.4 is 0 Å². The summed E-state index contributed by atoms with van der Waals surface area (Å²) < 4.78 is 5.29. The molecule has 1 aliphatic heterocycles. The van der Waals surface area contributed by atoms with Crippen molar-refractivity contribution in [2.24, 2.45) is 0 Å². The Morgan fingerprint density at radius 2 is 1.64 bits per heavy atom. The highest BCUT2D eigenvalue weighted by Crippen LogP contribution is 2.22. The summed E-state index contributed by atoms with van der Waals surface area (Å²) >= 11 is 0. The summed E-state index contributed by atoms with van der Waals surface area (Å²) in [7, 11) is 2.96. The van der Waals surface area contributed by atoms with Gasteiger partial charge >= 0.3 is 6.09 Å². The van der Waals surface area contributed by atoms with Crippen LogP contribution in [0, 0.1) is 0 Å². The van der Waals surface area contributed by atoms with Gasteiger partial charge in [0.05, 0.1) is 7.11 Å². The van der Waals surface area contributed by atoms with Gasteiger partial charge in [-0.15, -0.1) is 0 Å². The zero-order chi connectivity index (χ0) is 17.9. The van der Waals surface area contributed by atoms with E-state index in [-0.39, 0.29) is 5.91 Å². The standard InChI is InChI=1S/C12H22N2O4.2C2H6/c1-12(2,3)18-11(16)14-8-6-7-9(14)10(15)13(4)17-5;2*1-2/h9H,6-8H2,1-5H3;2*1-2H3.